The number of ether oxygens (including phenoxy) is 2. The maximum absolute atomic E-state index is 12.7. The second kappa shape index (κ2) is 6.90. The van der Waals surface area contributed by atoms with Crippen molar-refractivity contribution < 1.29 is 19.7 Å². The minimum atomic E-state index is -1.51. The SMILES string of the molecule is CC1(C)O[C@@H](C2(O)c3ccccc3-c3ccccc32)[C@H](C2(O)c3ccccc3-c3ccccc32)O1. The number of hydrogen-bond acceptors (Lipinski definition) is 4. The lowest BCUT2D eigenvalue weighted by atomic mass is 9.75. The Labute approximate surface area is 204 Å². The van der Waals surface area contributed by atoms with Crippen molar-refractivity contribution >= 4 is 0 Å². The minimum Gasteiger partial charge on any atom is -0.377 e. The van der Waals surface area contributed by atoms with Gasteiger partial charge in [-0.3, -0.25) is 0 Å². The molecule has 2 N–H and O–H groups in total. The molecular weight excluding hydrogens is 436 g/mol. The first-order valence-corrected chi connectivity index (χ1v) is 12.0. The zero-order valence-electron chi connectivity index (χ0n) is 19.6. The van der Waals surface area contributed by atoms with Crippen LogP contribution in [-0.4, -0.2) is 28.2 Å². The monoisotopic (exact) mass is 462 g/mol. The average Bonchev–Trinajstić information content (AvgIpc) is 3.46. The van der Waals surface area contributed by atoms with E-state index in [0.29, 0.717) is 0 Å². The topological polar surface area (TPSA) is 58.9 Å². The molecule has 4 aromatic rings. The molecular formula is C31H26O4. The van der Waals surface area contributed by atoms with Gasteiger partial charge in [-0.2, -0.15) is 0 Å². The van der Waals surface area contributed by atoms with Gasteiger partial charge in [-0.15, -0.1) is 0 Å². The predicted octanol–water partition coefficient (Wildman–Crippen LogP) is 5.34. The van der Waals surface area contributed by atoms with Gasteiger partial charge in [0.2, 0.25) is 0 Å². The number of hydrogen-bond donors (Lipinski definition) is 2. The Morgan fingerprint density at radius 3 is 1.03 bits per heavy atom. The third kappa shape index (κ3) is 2.60. The van der Waals surface area contributed by atoms with Crippen LogP contribution in [0.2, 0.25) is 0 Å². The highest BCUT2D eigenvalue weighted by atomic mass is 16.8. The average molecular weight is 463 g/mol. The molecule has 0 unspecified atom stereocenters. The second-order valence-electron chi connectivity index (χ2n) is 10.2. The molecule has 3 aliphatic rings. The quantitative estimate of drug-likeness (QED) is 0.422. The molecule has 1 heterocycles. The van der Waals surface area contributed by atoms with Crippen molar-refractivity contribution in [3.05, 3.63) is 119 Å². The summed E-state index contributed by atoms with van der Waals surface area (Å²) in [6.45, 7) is 3.68. The fourth-order valence-electron chi connectivity index (χ4n) is 6.48. The van der Waals surface area contributed by atoms with Crippen molar-refractivity contribution in [1.29, 1.82) is 0 Å². The number of rotatable bonds is 2. The van der Waals surface area contributed by atoms with Crippen molar-refractivity contribution in [3.63, 3.8) is 0 Å². The standard InChI is InChI=1S/C31H26O4/c1-29(2)34-27(30(32)23-15-7-3-11-19(23)20-12-4-8-16-24(20)30)28(35-29)31(33)25-17-9-5-13-21(25)22-14-6-10-18-26(22)31/h3-18,27-28,32-33H,1-2H3/t27-,28-/m1/s1. The number of aliphatic hydroxyl groups is 2. The smallest absolute Gasteiger partial charge is 0.164 e. The lowest BCUT2D eigenvalue weighted by Crippen LogP contribution is -2.53. The second-order valence-corrected chi connectivity index (χ2v) is 10.2. The molecule has 1 saturated heterocycles. The van der Waals surface area contributed by atoms with E-state index in [2.05, 4.69) is 0 Å². The molecule has 4 heteroatoms. The normalized spacial score (nSPS) is 23.9. The molecule has 0 amide bonds. The zero-order valence-corrected chi connectivity index (χ0v) is 19.6. The van der Waals surface area contributed by atoms with Crippen LogP contribution in [0, 0.1) is 0 Å². The van der Waals surface area contributed by atoms with E-state index in [0.717, 1.165) is 44.5 Å². The van der Waals surface area contributed by atoms with Crippen molar-refractivity contribution in [1.82, 2.24) is 0 Å². The third-order valence-corrected chi connectivity index (χ3v) is 7.85. The van der Waals surface area contributed by atoms with Crippen molar-refractivity contribution in [3.8, 4) is 22.3 Å². The van der Waals surface area contributed by atoms with Crippen LogP contribution in [0.1, 0.15) is 36.1 Å². The first-order valence-electron chi connectivity index (χ1n) is 12.0. The zero-order chi connectivity index (χ0) is 24.0. The lowest BCUT2D eigenvalue weighted by Gasteiger charge is -2.40. The molecule has 35 heavy (non-hydrogen) atoms. The first-order chi connectivity index (χ1) is 16.9. The maximum atomic E-state index is 12.7. The molecule has 7 rings (SSSR count). The highest BCUT2D eigenvalue weighted by molar-refractivity contribution is 5.82. The summed E-state index contributed by atoms with van der Waals surface area (Å²) in [5.74, 6) is -1.01. The molecule has 0 aromatic heterocycles. The molecule has 174 valence electrons. The van der Waals surface area contributed by atoms with Crippen molar-refractivity contribution in [2.75, 3.05) is 0 Å². The van der Waals surface area contributed by atoms with Crippen LogP contribution in [0.15, 0.2) is 97.1 Å². The predicted molar refractivity (Wildman–Crippen MR) is 134 cm³/mol. The van der Waals surface area contributed by atoms with E-state index < -0.39 is 29.2 Å². The largest absolute Gasteiger partial charge is 0.377 e. The fraction of sp³-hybridized carbons (Fsp3) is 0.226. The van der Waals surface area contributed by atoms with E-state index in [-0.39, 0.29) is 0 Å². The summed E-state index contributed by atoms with van der Waals surface area (Å²) < 4.78 is 13.1. The highest BCUT2D eigenvalue weighted by Crippen LogP contribution is 2.58. The minimum absolute atomic E-state index is 0.765. The fourth-order valence-corrected chi connectivity index (χ4v) is 6.48. The van der Waals surface area contributed by atoms with Crippen LogP contribution in [0.4, 0.5) is 0 Å². The van der Waals surface area contributed by atoms with Crippen LogP contribution in [0.25, 0.3) is 22.3 Å². The maximum Gasteiger partial charge on any atom is 0.164 e. The van der Waals surface area contributed by atoms with E-state index in [9.17, 15) is 10.2 Å². The van der Waals surface area contributed by atoms with E-state index in [1.165, 1.54) is 0 Å². The Morgan fingerprint density at radius 1 is 0.486 bits per heavy atom. The van der Waals surface area contributed by atoms with Crippen LogP contribution in [-0.2, 0) is 20.7 Å². The Balaban J connectivity index is 1.49. The van der Waals surface area contributed by atoms with E-state index >= 15 is 0 Å². The summed E-state index contributed by atoms with van der Waals surface area (Å²) in [5, 5.41) is 25.3. The molecule has 2 atom stereocenters. The summed E-state index contributed by atoms with van der Waals surface area (Å²) in [7, 11) is 0. The molecule has 0 radical (unpaired) electrons. The first kappa shape index (κ1) is 21.0. The molecule has 2 aliphatic carbocycles. The van der Waals surface area contributed by atoms with Gasteiger partial charge in [0, 0.05) is 0 Å². The van der Waals surface area contributed by atoms with Gasteiger partial charge < -0.3 is 19.7 Å². The summed E-state index contributed by atoms with van der Waals surface area (Å²) >= 11 is 0. The van der Waals surface area contributed by atoms with Gasteiger partial charge in [-0.1, -0.05) is 97.1 Å². The van der Waals surface area contributed by atoms with Crippen LogP contribution >= 0.6 is 0 Å². The summed E-state index contributed by atoms with van der Waals surface area (Å²) in [6, 6.07) is 31.5. The molecule has 4 nitrogen and oxygen atoms in total. The number of fused-ring (bicyclic) bond motifs is 6. The Morgan fingerprint density at radius 2 is 0.743 bits per heavy atom. The van der Waals surface area contributed by atoms with Gasteiger partial charge in [0.25, 0.3) is 0 Å². The Bertz CT molecular complexity index is 1280. The van der Waals surface area contributed by atoms with Crippen LogP contribution in [0.5, 0.6) is 0 Å². The molecule has 0 saturated carbocycles. The van der Waals surface area contributed by atoms with Gasteiger partial charge in [0.05, 0.1) is 0 Å². The summed E-state index contributed by atoms with van der Waals surface area (Å²) in [5.41, 5.74) is 3.92. The molecule has 1 fully saturated rings. The van der Waals surface area contributed by atoms with E-state index in [4.69, 9.17) is 9.47 Å². The molecule has 4 aromatic carbocycles. The van der Waals surface area contributed by atoms with Gasteiger partial charge in [-0.25, -0.2) is 0 Å². The van der Waals surface area contributed by atoms with Gasteiger partial charge in [0.15, 0.2) is 5.79 Å². The summed E-state index contributed by atoms with van der Waals surface area (Å²) in [4.78, 5) is 0. The Hall–Kier alpha value is -3.28. The molecule has 0 spiro atoms. The highest BCUT2D eigenvalue weighted by Gasteiger charge is 2.64. The van der Waals surface area contributed by atoms with E-state index in [1.807, 2.05) is 111 Å². The van der Waals surface area contributed by atoms with Crippen molar-refractivity contribution in [2.24, 2.45) is 0 Å². The van der Waals surface area contributed by atoms with Crippen LogP contribution < -0.4 is 0 Å². The molecule has 1 aliphatic heterocycles. The van der Waals surface area contributed by atoms with Crippen molar-refractivity contribution in [2.45, 2.75) is 43.0 Å². The summed E-state index contributed by atoms with van der Waals surface area (Å²) in [6.07, 6.45) is -1.74. The van der Waals surface area contributed by atoms with Gasteiger partial charge in [0.1, 0.15) is 23.4 Å². The van der Waals surface area contributed by atoms with Gasteiger partial charge >= 0.3 is 0 Å². The van der Waals surface area contributed by atoms with Gasteiger partial charge in [-0.05, 0) is 58.4 Å². The number of benzene rings is 4. The van der Waals surface area contributed by atoms with Crippen LogP contribution in [0.3, 0.4) is 0 Å². The molecule has 0 bridgehead atoms. The van der Waals surface area contributed by atoms with E-state index in [1.54, 1.807) is 0 Å². The Kier molecular flexibility index (Phi) is 4.15. The lowest BCUT2D eigenvalue weighted by molar-refractivity contribution is -0.171. The third-order valence-electron chi connectivity index (χ3n) is 7.85.